The molecule has 2 aromatic carbocycles. The fourth-order valence-electron chi connectivity index (χ4n) is 2.99. The second-order valence-corrected chi connectivity index (χ2v) is 6.27. The van der Waals surface area contributed by atoms with E-state index in [9.17, 15) is 14.4 Å². The second kappa shape index (κ2) is 7.39. The number of benzene rings is 2. The van der Waals surface area contributed by atoms with E-state index in [-0.39, 0.29) is 17.8 Å². The molecule has 3 aromatic rings. The van der Waals surface area contributed by atoms with Gasteiger partial charge in [-0.2, -0.15) is 0 Å². The van der Waals surface area contributed by atoms with Crippen LogP contribution in [0.1, 0.15) is 16.8 Å². The Morgan fingerprint density at radius 2 is 2.00 bits per heavy atom. The molecule has 1 saturated heterocycles. The zero-order valence-electron chi connectivity index (χ0n) is 14.8. The molecular weight excluding hydrogens is 362 g/mol. The first-order valence-corrected chi connectivity index (χ1v) is 8.73. The third-order valence-electron chi connectivity index (χ3n) is 4.33. The standard InChI is InChI=1S/C19H17N5O4/c25-17(13-5-2-7-15(11-13)24-9-3-8-20-18(24)26)21-14-6-1-4-12(10-14)16-22-19(27)28-23-16/h1-2,4-7,10-11H,3,8-9H2,(H,20,26)(H,21,25)(H,22,23,27). The van der Waals surface area contributed by atoms with E-state index in [2.05, 4.69) is 25.3 Å². The summed E-state index contributed by atoms with van der Waals surface area (Å²) in [6, 6.07) is 13.6. The highest BCUT2D eigenvalue weighted by Crippen LogP contribution is 2.21. The van der Waals surface area contributed by atoms with Crippen LogP contribution >= 0.6 is 0 Å². The summed E-state index contributed by atoms with van der Waals surface area (Å²) in [5.74, 6) is -0.688. The lowest BCUT2D eigenvalue weighted by molar-refractivity contribution is 0.102. The normalized spacial score (nSPS) is 13.9. The maximum absolute atomic E-state index is 12.7. The lowest BCUT2D eigenvalue weighted by Crippen LogP contribution is -2.46. The molecule has 9 nitrogen and oxygen atoms in total. The van der Waals surface area contributed by atoms with Gasteiger partial charge in [-0.25, -0.2) is 9.59 Å². The Hall–Kier alpha value is -3.88. The van der Waals surface area contributed by atoms with Gasteiger partial charge < -0.3 is 10.6 Å². The first kappa shape index (κ1) is 17.5. The van der Waals surface area contributed by atoms with Crippen molar-refractivity contribution in [3.8, 4) is 11.4 Å². The summed E-state index contributed by atoms with van der Waals surface area (Å²) in [6.45, 7) is 1.26. The maximum Gasteiger partial charge on any atom is 0.439 e. The average molecular weight is 379 g/mol. The number of carbonyl (C=O) groups excluding carboxylic acids is 2. The van der Waals surface area contributed by atoms with E-state index in [1.807, 2.05) is 0 Å². The fourth-order valence-corrected chi connectivity index (χ4v) is 2.99. The van der Waals surface area contributed by atoms with E-state index in [0.29, 0.717) is 35.6 Å². The second-order valence-electron chi connectivity index (χ2n) is 6.27. The summed E-state index contributed by atoms with van der Waals surface area (Å²) in [5, 5.41) is 9.23. The number of urea groups is 1. The van der Waals surface area contributed by atoms with Crippen LogP contribution in [0.4, 0.5) is 16.2 Å². The zero-order chi connectivity index (χ0) is 19.5. The van der Waals surface area contributed by atoms with E-state index >= 15 is 0 Å². The molecule has 3 amide bonds. The molecule has 0 bridgehead atoms. The molecule has 0 spiro atoms. The molecular formula is C19H17N5O4. The van der Waals surface area contributed by atoms with Crippen molar-refractivity contribution in [3.63, 3.8) is 0 Å². The van der Waals surface area contributed by atoms with Crippen LogP contribution in [0.15, 0.2) is 57.8 Å². The predicted molar refractivity (Wildman–Crippen MR) is 102 cm³/mol. The topological polar surface area (TPSA) is 120 Å². The molecule has 0 atom stereocenters. The van der Waals surface area contributed by atoms with E-state index in [1.165, 1.54) is 0 Å². The van der Waals surface area contributed by atoms with Crippen LogP contribution in [-0.4, -0.2) is 35.2 Å². The van der Waals surface area contributed by atoms with E-state index in [1.54, 1.807) is 53.4 Å². The molecule has 9 heteroatoms. The van der Waals surface area contributed by atoms with Crippen LogP contribution in [0.5, 0.6) is 0 Å². The largest absolute Gasteiger partial charge is 0.439 e. The van der Waals surface area contributed by atoms with Gasteiger partial charge in [0.05, 0.1) is 0 Å². The number of aromatic amines is 1. The van der Waals surface area contributed by atoms with Crippen LogP contribution in [0.2, 0.25) is 0 Å². The van der Waals surface area contributed by atoms with Crippen molar-refractivity contribution in [1.29, 1.82) is 0 Å². The number of H-pyrrole nitrogens is 1. The van der Waals surface area contributed by atoms with E-state index < -0.39 is 5.76 Å². The van der Waals surface area contributed by atoms with Gasteiger partial charge in [0.15, 0.2) is 5.82 Å². The number of anilines is 2. The van der Waals surface area contributed by atoms with Crippen LogP contribution < -0.4 is 21.3 Å². The van der Waals surface area contributed by atoms with E-state index in [0.717, 1.165) is 6.42 Å². The molecule has 1 aliphatic heterocycles. The van der Waals surface area contributed by atoms with Gasteiger partial charge in [0.1, 0.15) is 0 Å². The Morgan fingerprint density at radius 3 is 2.79 bits per heavy atom. The van der Waals surface area contributed by atoms with Gasteiger partial charge in [0.25, 0.3) is 5.91 Å². The smallest absolute Gasteiger partial charge is 0.338 e. The van der Waals surface area contributed by atoms with Crippen molar-refractivity contribution >= 4 is 23.3 Å². The Bertz CT molecular complexity index is 1090. The van der Waals surface area contributed by atoms with E-state index in [4.69, 9.17) is 0 Å². The predicted octanol–water partition coefficient (Wildman–Crippen LogP) is 2.20. The molecule has 28 heavy (non-hydrogen) atoms. The average Bonchev–Trinajstić information content (AvgIpc) is 3.15. The third-order valence-corrected chi connectivity index (χ3v) is 4.33. The van der Waals surface area contributed by atoms with Crippen molar-refractivity contribution in [2.45, 2.75) is 6.42 Å². The fraction of sp³-hybridized carbons (Fsp3) is 0.158. The van der Waals surface area contributed by atoms with Gasteiger partial charge in [-0.05, 0) is 36.8 Å². The summed E-state index contributed by atoms with van der Waals surface area (Å²) in [7, 11) is 0. The Balaban J connectivity index is 1.53. The molecule has 4 rings (SSSR count). The van der Waals surface area contributed by atoms with Gasteiger partial charge in [0.2, 0.25) is 0 Å². The zero-order valence-corrected chi connectivity index (χ0v) is 14.8. The number of rotatable bonds is 4. The highest BCUT2D eigenvalue weighted by Gasteiger charge is 2.20. The maximum atomic E-state index is 12.7. The van der Waals surface area contributed by atoms with Crippen molar-refractivity contribution in [1.82, 2.24) is 15.5 Å². The lowest BCUT2D eigenvalue weighted by atomic mass is 10.1. The van der Waals surface area contributed by atoms with Gasteiger partial charge in [-0.3, -0.25) is 19.2 Å². The number of carbonyl (C=O) groups is 2. The van der Waals surface area contributed by atoms with Gasteiger partial charge in [-0.15, -0.1) is 0 Å². The van der Waals surface area contributed by atoms with Crippen LogP contribution in [0, 0.1) is 0 Å². The Kier molecular flexibility index (Phi) is 4.63. The molecule has 3 N–H and O–H groups in total. The van der Waals surface area contributed by atoms with Crippen molar-refractivity contribution in [2.75, 3.05) is 23.3 Å². The van der Waals surface area contributed by atoms with Gasteiger partial charge in [-0.1, -0.05) is 23.4 Å². The van der Waals surface area contributed by atoms with Crippen LogP contribution in [0.3, 0.4) is 0 Å². The van der Waals surface area contributed by atoms with Crippen LogP contribution in [-0.2, 0) is 0 Å². The minimum atomic E-state index is -0.650. The monoisotopic (exact) mass is 379 g/mol. The van der Waals surface area contributed by atoms with Gasteiger partial charge in [0, 0.05) is 35.6 Å². The SMILES string of the molecule is O=C(Nc1cccc(-c2noc(=O)[nH]2)c1)c1cccc(N2CCCNC2=O)c1. The summed E-state index contributed by atoms with van der Waals surface area (Å²) in [4.78, 5) is 39.9. The van der Waals surface area contributed by atoms with Gasteiger partial charge >= 0.3 is 11.8 Å². The van der Waals surface area contributed by atoms with Crippen molar-refractivity contribution < 1.29 is 14.1 Å². The highest BCUT2D eigenvalue weighted by atomic mass is 16.5. The minimum absolute atomic E-state index is 0.168. The number of nitrogens with zero attached hydrogens (tertiary/aromatic N) is 2. The number of hydrogen-bond donors (Lipinski definition) is 3. The molecule has 0 saturated carbocycles. The molecule has 1 aliphatic rings. The Morgan fingerprint density at radius 1 is 1.14 bits per heavy atom. The quantitative estimate of drug-likeness (QED) is 0.642. The highest BCUT2D eigenvalue weighted by molar-refractivity contribution is 6.05. The first-order chi connectivity index (χ1) is 13.6. The number of nitrogens with one attached hydrogen (secondary N) is 3. The molecule has 0 aliphatic carbocycles. The third kappa shape index (κ3) is 3.63. The van der Waals surface area contributed by atoms with Crippen molar-refractivity contribution in [3.05, 3.63) is 64.6 Å². The number of amides is 3. The Labute approximate surface area is 159 Å². The molecule has 2 heterocycles. The number of hydrogen-bond acceptors (Lipinski definition) is 5. The molecule has 1 aromatic heterocycles. The number of aromatic nitrogens is 2. The van der Waals surface area contributed by atoms with Crippen molar-refractivity contribution in [2.24, 2.45) is 0 Å². The summed E-state index contributed by atoms with van der Waals surface area (Å²) >= 11 is 0. The summed E-state index contributed by atoms with van der Waals surface area (Å²) < 4.78 is 4.50. The summed E-state index contributed by atoms with van der Waals surface area (Å²) in [5.41, 5.74) is 2.23. The molecule has 0 unspecified atom stereocenters. The molecule has 1 fully saturated rings. The van der Waals surface area contributed by atoms with Crippen LogP contribution in [0.25, 0.3) is 11.4 Å². The first-order valence-electron chi connectivity index (χ1n) is 8.73. The molecule has 0 radical (unpaired) electrons. The summed E-state index contributed by atoms with van der Waals surface area (Å²) in [6.07, 6.45) is 0.846. The molecule has 142 valence electrons. The minimum Gasteiger partial charge on any atom is -0.338 e. The lowest BCUT2D eigenvalue weighted by Gasteiger charge is -2.27.